The van der Waals surface area contributed by atoms with Crippen LogP contribution in [0.3, 0.4) is 0 Å². The van der Waals surface area contributed by atoms with Crippen LogP contribution in [0.15, 0.2) is 18.2 Å². The van der Waals surface area contributed by atoms with E-state index in [0.717, 1.165) is 48.5 Å². The van der Waals surface area contributed by atoms with Crippen LogP contribution in [0, 0.1) is 12.8 Å². The van der Waals surface area contributed by atoms with Crippen molar-refractivity contribution in [2.24, 2.45) is 5.92 Å². The van der Waals surface area contributed by atoms with E-state index in [-0.39, 0.29) is 12.0 Å². The lowest BCUT2D eigenvalue weighted by atomic mass is 9.94. The van der Waals surface area contributed by atoms with Crippen molar-refractivity contribution in [1.82, 2.24) is 20.0 Å². The van der Waals surface area contributed by atoms with Crippen molar-refractivity contribution in [3.63, 3.8) is 0 Å². The van der Waals surface area contributed by atoms with Crippen molar-refractivity contribution >= 4 is 16.8 Å². The number of hydrogen-bond acceptors (Lipinski definition) is 4. The van der Waals surface area contributed by atoms with Gasteiger partial charge in [0.25, 0.3) is 5.91 Å². The summed E-state index contributed by atoms with van der Waals surface area (Å²) in [5.74, 6) is 0.612. The number of carbonyl (C=O) groups excluding carboxylic acids is 1. The number of nitrogens with one attached hydrogen (secondary N) is 1. The summed E-state index contributed by atoms with van der Waals surface area (Å²) in [6.07, 6.45) is 10.2. The number of aromatic amines is 1. The number of benzene rings is 1. The number of likely N-dealkylation sites (tertiary alicyclic amines) is 1. The Labute approximate surface area is 185 Å². The Morgan fingerprint density at radius 2 is 1.94 bits per heavy atom. The second kappa shape index (κ2) is 9.29. The molecule has 0 spiro atoms. The molecule has 2 saturated heterocycles. The SMILES string of the molecule is Cc1ccc2[nH]nc(C(=O)N(CC3CCN(C4CCCC4)CC3)C[C@@H]3CCCO3)c2c1. The van der Waals surface area contributed by atoms with Crippen LogP contribution in [0.4, 0.5) is 0 Å². The van der Waals surface area contributed by atoms with E-state index >= 15 is 0 Å². The zero-order chi connectivity index (χ0) is 21.2. The number of carbonyl (C=O) groups is 1. The number of aromatic nitrogens is 2. The Hall–Kier alpha value is -1.92. The van der Waals surface area contributed by atoms with Gasteiger partial charge in [0.1, 0.15) is 0 Å². The molecule has 1 N–H and O–H groups in total. The lowest BCUT2D eigenvalue weighted by Gasteiger charge is -2.38. The average Bonchev–Trinajstić information content (AvgIpc) is 3.55. The highest BCUT2D eigenvalue weighted by atomic mass is 16.5. The molecular formula is C25H36N4O2. The third kappa shape index (κ3) is 4.65. The molecule has 2 aromatic rings. The standard InChI is InChI=1S/C25H36N4O2/c1-18-8-9-23-22(15-18)24(27-26-23)25(30)29(17-21-7-4-14-31-21)16-19-10-12-28(13-11-19)20-5-2-3-6-20/h8-9,15,19-21H,2-7,10-14,16-17H2,1H3,(H,26,27)/t21-/m0/s1. The van der Waals surface area contributed by atoms with E-state index < -0.39 is 0 Å². The second-order valence-corrected chi connectivity index (χ2v) is 9.88. The molecule has 1 saturated carbocycles. The van der Waals surface area contributed by atoms with Crippen LogP contribution < -0.4 is 0 Å². The van der Waals surface area contributed by atoms with Gasteiger partial charge in [0.2, 0.25) is 0 Å². The van der Waals surface area contributed by atoms with E-state index in [1.165, 1.54) is 51.6 Å². The predicted octanol–water partition coefficient (Wildman–Crippen LogP) is 4.15. The number of aryl methyl sites for hydroxylation is 1. The molecule has 1 aliphatic carbocycles. The van der Waals surface area contributed by atoms with Crippen LogP contribution in [0.2, 0.25) is 0 Å². The minimum atomic E-state index is 0.0468. The van der Waals surface area contributed by atoms with E-state index in [9.17, 15) is 4.79 Å². The molecule has 1 aromatic heterocycles. The third-order valence-corrected chi connectivity index (χ3v) is 7.62. The summed E-state index contributed by atoms with van der Waals surface area (Å²) in [5.41, 5.74) is 2.63. The molecule has 1 aromatic carbocycles. The van der Waals surface area contributed by atoms with Crippen molar-refractivity contribution in [1.29, 1.82) is 0 Å². The van der Waals surface area contributed by atoms with Crippen molar-refractivity contribution in [3.05, 3.63) is 29.5 Å². The fourth-order valence-corrected chi connectivity index (χ4v) is 5.80. The predicted molar refractivity (Wildman–Crippen MR) is 122 cm³/mol. The minimum absolute atomic E-state index is 0.0468. The maximum absolute atomic E-state index is 13.6. The Bertz CT molecular complexity index is 890. The Kier molecular flexibility index (Phi) is 6.28. The first-order valence-corrected chi connectivity index (χ1v) is 12.3. The molecule has 0 unspecified atom stereocenters. The van der Waals surface area contributed by atoms with Crippen LogP contribution in [0.5, 0.6) is 0 Å². The van der Waals surface area contributed by atoms with E-state index in [4.69, 9.17) is 4.74 Å². The number of ether oxygens (including phenoxy) is 1. The van der Waals surface area contributed by atoms with Gasteiger partial charge in [0, 0.05) is 31.1 Å². The van der Waals surface area contributed by atoms with Gasteiger partial charge in [-0.25, -0.2) is 0 Å². The molecule has 3 heterocycles. The average molecular weight is 425 g/mol. The van der Waals surface area contributed by atoms with Crippen LogP contribution >= 0.6 is 0 Å². The number of amides is 1. The monoisotopic (exact) mass is 424 g/mol. The van der Waals surface area contributed by atoms with E-state index in [2.05, 4.69) is 34.2 Å². The number of rotatable bonds is 6. The maximum Gasteiger partial charge on any atom is 0.275 e. The van der Waals surface area contributed by atoms with Gasteiger partial charge < -0.3 is 14.5 Å². The molecule has 5 rings (SSSR count). The third-order valence-electron chi connectivity index (χ3n) is 7.62. The van der Waals surface area contributed by atoms with Gasteiger partial charge in [-0.2, -0.15) is 5.10 Å². The Balaban J connectivity index is 1.29. The van der Waals surface area contributed by atoms with Crippen LogP contribution in [0.1, 0.15) is 67.4 Å². The normalized spacial score (nSPS) is 23.7. The molecule has 3 aliphatic rings. The van der Waals surface area contributed by atoms with Crippen molar-refractivity contribution in [2.75, 3.05) is 32.8 Å². The fraction of sp³-hybridized carbons (Fsp3) is 0.680. The largest absolute Gasteiger partial charge is 0.376 e. The van der Waals surface area contributed by atoms with Gasteiger partial charge in [-0.05, 0) is 76.6 Å². The number of nitrogens with zero attached hydrogens (tertiary/aromatic N) is 3. The van der Waals surface area contributed by atoms with Crippen LogP contribution in [-0.4, -0.2) is 70.8 Å². The first-order valence-electron chi connectivity index (χ1n) is 12.3. The molecule has 0 bridgehead atoms. The van der Waals surface area contributed by atoms with Gasteiger partial charge in [0.15, 0.2) is 5.69 Å². The van der Waals surface area contributed by atoms with E-state index in [0.29, 0.717) is 18.2 Å². The summed E-state index contributed by atoms with van der Waals surface area (Å²) >= 11 is 0. The Morgan fingerprint density at radius 3 is 2.68 bits per heavy atom. The van der Waals surface area contributed by atoms with Gasteiger partial charge in [-0.3, -0.25) is 9.89 Å². The van der Waals surface area contributed by atoms with Crippen molar-refractivity contribution in [3.8, 4) is 0 Å². The number of fused-ring (bicyclic) bond motifs is 1. The zero-order valence-electron chi connectivity index (χ0n) is 18.8. The molecule has 1 amide bonds. The summed E-state index contributed by atoms with van der Waals surface area (Å²) in [5, 5.41) is 8.40. The quantitative estimate of drug-likeness (QED) is 0.757. The van der Waals surface area contributed by atoms with Crippen molar-refractivity contribution in [2.45, 2.75) is 70.4 Å². The van der Waals surface area contributed by atoms with Gasteiger partial charge in [0.05, 0.1) is 11.6 Å². The summed E-state index contributed by atoms with van der Waals surface area (Å²) in [4.78, 5) is 18.4. The van der Waals surface area contributed by atoms with E-state index in [1.807, 2.05) is 11.0 Å². The molecule has 31 heavy (non-hydrogen) atoms. The van der Waals surface area contributed by atoms with Gasteiger partial charge in [-0.1, -0.05) is 24.5 Å². The lowest BCUT2D eigenvalue weighted by Crippen LogP contribution is -2.45. The summed E-state index contributed by atoms with van der Waals surface area (Å²) in [6, 6.07) is 6.94. The molecule has 1 atom stereocenters. The molecular weight excluding hydrogens is 388 g/mol. The van der Waals surface area contributed by atoms with Crippen molar-refractivity contribution < 1.29 is 9.53 Å². The summed E-state index contributed by atoms with van der Waals surface area (Å²) < 4.78 is 5.90. The highest BCUT2D eigenvalue weighted by Crippen LogP contribution is 2.29. The van der Waals surface area contributed by atoms with Gasteiger partial charge in [-0.15, -0.1) is 0 Å². The van der Waals surface area contributed by atoms with Crippen LogP contribution in [0.25, 0.3) is 10.9 Å². The second-order valence-electron chi connectivity index (χ2n) is 9.88. The number of H-pyrrole nitrogens is 1. The highest BCUT2D eigenvalue weighted by Gasteiger charge is 2.31. The summed E-state index contributed by atoms with van der Waals surface area (Å²) in [6.45, 7) is 6.74. The minimum Gasteiger partial charge on any atom is -0.376 e. The molecule has 3 fully saturated rings. The Morgan fingerprint density at radius 1 is 1.13 bits per heavy atom. The highest BCUT2D eigenvalue weighted by molar-refractivity contribution is 6.04. The molecule has 6 nitrogen and oxygen atoms in total. The smallest absolute Gasteiger partial charge is 0.275 e. The van der Waals surface area contributed by atoms with Crippen LogP contribution in [-0.2, 0) is 4.74 Å². The lowest BCUT2D eigenvalue weighted by molar-refractivity contribution is 0.0426. The maximum atomic E-state index is 13.6. The van der Waals surface area contributed by atoms with E-state index in [1.54, 1.807) is 0 Å². The molecule has 0 radical (unpaired) electrons. The first-order chi connectivity index (χ1) is 15.2. The fourth-order valence-electron chi connectivity index (χ4n) is 5.80. The van der Waals surface area contributed by atoms with Gasteiger partial charge >= 0.3 is 0 Å². The number of piperidine rings is 1. The molecule has 2 aliphatic heterocycles. The number of hydrogen-bond donors (Lipinski definition) is 1. The first kappa shape index (κ1) is 21.0. The zero-order valence-corrected chi connectivity index (χ0v) is 18.8. The molecule has 6 heteroatoms. The summed E-state index contributed by atoms with van der Waals surface area (Å²) in [7, 11) is 0. The molecule has 168 valence electrons. The topological polar surface area (TPSA) is 61.5 Å².